The van der Waals surface area contributed by atoms with Crippen LogP contribution < -0.4 is 11.1 Å². The molecule has 0 aliphatic carbocycles. The minimum Gasteiger partial charge on any atom is -0.322 e. The van der Waals surface area contributed by atoms with Crippen molar-refractivity contribution >= 4 is 22.2 Å². The van der Waals surface area contributed by atoms with Crippen LogP contribution in [0.15, 0.2) is 11.4 Å². The van der Waals surface area contributed by atoms with E-state index in [1.807, 2.05) is 6.07 Å². The molecule has 1 aromatic heterocycles. The molecule has 0 aromatic carbocycles. The van der Waals surface area contributed by atoms with Gasteiger partial charge >= 0.3 is 0 Å². The van der Waals surface area contributed by atoms with Gasteiger partial charge < -0.3 is 11.1 Å². The Hall–Kier alpha value is -1.38. The summed E-state index contributed by atoms with van der Waals surface area (Å²) in [4.78, 5) is 10.8. The maximum Gasteiger partial charge on any atom is 0.238 e. The second kappa shape index (κ2) is 3.85. The lowest BCUT2D eigenvalue weighted by Crippen LogP contribution is -2.21. The van der Waals surface area contributed by atoms with Gasteiger partial charge in [-0.3, -0.25) is 4.79 Å². The Labute approximate surface area is 73.6 Å². The number of nitrogens with one attached hydrogen (secondary N) is 1. The Morgan fingerprint density at radius 2 is 2.58 bits per heavy atom. The third-order valence-corrected chi connectivity index (χ3v) is 2.05. The Kier molecular flexibility index (Phi) is 2.80. The van der Waals surface area contributed by atoms with Crippen LogP contribution in [0.5, 0.6) is 0 Å². The average Bonchev–Trinajstić information content (AvgIpc) is 2.51. The third-order valence-electron chi connectivity index (χ3n) is 1.22. The van der Waals surface area contributed by atoms with Gasteiger partial charge in [-0.15, -0.1) is 11.3 Å². The number of rotatable bonds is 2. The molecule has 3 N–H and O–H groups in total. The van der Waals surface area contributed by atoms with E-state index in [4.69, 9.17) is 11.0 Å². The zero-order chi connectivity index (χ0) is 8.97. The molecule has 1 amide bonds. The molecular formula is C7H7N3OS. The van der Waals surface area contributed by atoms with E-state index in [-0.39, 0.29) is 12.5 Å². The van der Waals surface area contributed by atoms with Crippen LogP contribution in [0.3, 0.4) is 0 Å². The molecule has 1 aromatic rings. The molecule has 0 spiro atoms. The van der Waals surface area contributed by atoms with Gasteiger partial charge in [-0.1, -0.05) is 0 Å². The second-order valence-corrected chi connectivity index (χ2v) is 2.94. The topological polar surface area (TPSA) is 78.9 Å². The number of amides is 1. The summed E-state index contributed by atoms with van der Waals surface area (Å²) >= 11 is 1.31. The fourth-order valence-electron chi connectivity index (χ4n) is 0.672. The zero-order valence-corrected chi connectivity index (χ0v) is 7.02. The van der Waals surface area contributed by atoms with Crippen molar-refractivity contribution < 1.29 is 4.79 Å². The predicted octanol–water partition coefficient (Wildman–Crippen LogP) is 0.517. The van der Waals surface area contributed by atoms with Crippen molar-refractivity contribution in [3.05, 3.63) is 17.0 Å². The van der Waals surface area contributed by atoms with Gasteiger partial charge in [-0.05, 0) is 11.4 Å². The molecule has 0 bridgehead atoms. The van der Waals surface area contributed by atoms with E-state index >= 15 is 0 Å². The molecule has 0 aliphatic rings. The highest BCUT2D eigenvalue weighted by atomic mass is 32.1. The van der Waals surface area contributed by atoms with E-state index < -0.39 is 0 Å². The van der Waals surface area contributed by atoms with Crippen molar-refractivity contribution in [2.45, 2.75) is 0 Å². The summed E-state index contributed by atoms with van der Waals surface area (Å²) < 4.78 is 0. The van der Waals surface area contributed by atoms with Crippen LogP contribution in [-0.4, -0.2) is 12.5 Å². The fraction of sp³-hybridized carbons (Fsp3) is 0.143. The van der Waals surface area contributed by atoms with E-state index in [0.717, 1.165) is 0 Å². The summed E-state index contributed by atoms with van der Waals surface area (Å²) in [7, 11) is 0. The Bertz CT molecular complexity index is 326. The standard InChI is InChI=1S/C7H7N3OS/c8-3-5-1-2-12-7(5)10-6(11)4-9/h1-2H,4,9H2,(H,10,11). The first-order chi connectivity index (χ1) is 5.77. The number of nitrogens with zero attached hydrogens (tertiary/aromatic N) is 1. The smallest absolute Gasteiger partial charge is 0.238 e. The maximum absolute atomic E-state index is 10.8. The van der Waals surface area contributed by atoms with Crippen LogP contribution in [-0.2, 0) is 4.79 Å². The molecule has 0 fully saturated rings. The van der Waals surface area contributed by atoms with Gasteiger partial charge in [0.05, 0.1) is 12.1 Å². The number of carbonyl (C=O) groups is 1. The molecule has 0 saturated heterocycles. The van der Waals surface area contributed by atoms with E-state index in [2.05, 4.69) is 5.32 Å². The monoisotopic (exact) mass is 181 g/mol. The van der Waals surface area contributed by atoms with Crippen LogP contribution in [0, 0.1) is 11.3 Å². The van der Waals surface area contributed by atoms with Gasteiger partial charge in [0.25, 0.3) is 0 Å². The molecule has 4 nitrogen and oxygen atoms in total. The van der Waals surface area contributed by atoms with Crippen molar-refractivity contribution in [3.63, 3.8) is 0 Å². The first-order valence-corrected chi connectivity index (χ1v) is 4.13. The van der Waals surface area contributed by atoms with Crippen molar-refractivity contribution in [2.75, 3.05) is 11.9 Å². The van der Waals surface area contributed by atoms with Crippen LogP contribution in [0.2, 0.25) is 0 Å². The third kappa shape index (κ3) is 1.81. The molecule has 0 saturated carbocycles. The normalized spacial score (nSPS) is 9.00. The Morgan fingerprint density at radius 3 is 3.17 bits per heavy atom. The quantitative estimate of drug-likeness (QED) is 0.698. The number of thiophene rings is 1. The van der Waals surface area contributed by atoms with Crippen molar-refractivity contribution in [1.29, 1.82) is 5.26 Å². The van der Waals surface area contributed by atoms with Crippen LogP contribution in [0.1, 0.15) is 5.56 Å². The van der Waals surface area contributed by atoms with Gasteiger partial charge in [0, 0.05) is 0 Å². The van der Waals surface area contributed by atoms with E-state index in [0.29, 0.717) is 10.6 Å². The van der Waals surface area contributed by atoms with Gasteiger partial charge in [-0.2, -0.15) is 5.26 Å². The van der Waals surface area contributed by atoms with Crippen LogP contribution >= 0.6 is 11.3 Å². The minimum absolute atomic E-state index is 0.0667. The van der Waals surface area contributed by atoms with E-state index in [1.165, 1.54) is 11.3 Å². The molecule has 5 heteroatoms. The summed E-state index contributed by atoms with van der Waals surface area (Å²) in [6.45, 7) is -0.0667. The van der Waals surface area contributed by atoms with Gasteiger partial charge in [-0.25, -0.2) is 0 Å². The largest absolute Gasteiger partial charge is 0.322 e. The Balaban J connectivity index is 2.76. The van der Waals surface area contributed by atoms with E-state index in [1.54, 1.807) is 11.4 Å². The number of anilines is 1. The predicted molar refractivity (Wildman–Crippen MR) is 46.7 cm³/mol. The lowest BCUT2D eigenvalue weighted by Gasteiger charge is -1.98. The first kappa shape index (κ1) is 8.71. The minimum atomic E-state index is -0.283. The highest BCUT2D eigenvalue weighted by molar-refractivity contribution is 7.14. The maximum atomic E-state index is 10.8. The first-order valence-electron chi connectivity index (χ1n) is 3.25. The SMILES string of the molecule is N#Cc1ccsc1NC(=O)CN. The van der Waals surface area contributed by atoms with Crippen molar-refractivity contribution in [2.24, 2.45) is 5.73 Å². The van der Waals surface area contributed by atoms with Gasteiger partial charge in [0.1, 0.15) is 11.1 Å². The molecule has 1 heterocycles. The van der Waals surface area contributed by atoms with Crippen molar-refractivity contribution in [3.8, 4) is 6.07 Å². The number of nitriles is 1. The lowest BCUT2D eigenvalue weighted by molar-refractivity contribution is -0.114. The summed E-state index contributed by atoms with van der Waals surface area (Å²) in [5.74, 6) is -0.283. The number of hydrogen-bond acceptors (Lipinski definition) is 4. The average molecular weight is 181 g/mol. The summed E-state index contributed by atoms with van der Waals surface area (Å²) in [6, 6.07) is 3.61. The molecule has 0 radical (unpaired) electrons. The number of hydrogen-bond donors (Lipinski definition) is 2. The van der Waals surface area contributed by atoms with E-state index in [9.17, 15) is 4.79 Å². The number of nitrogens with two attached hydrogens (primary N) is 1. The van der Waals surface area contributed by atoms with Gasteiger partial charge in [0.15, 0.2) is 0 Å². The molecular weight excluding hydrogens is 174 g/mol. The molecule has 0 atom stereocenters. The molecule has 1 rings (SSSR count). The highest BCUT2D eigenvalue weighted by Gasteiger charge is 2.05. The molecule has 12 heavy (non-hydrogen) atoms. The fourth-order valence-corrected chi connectivity index (χ4v) is 1.43. The Morgan fingerprint density at radius 1 is 1.83 bits per heavy atom. The molecule has 0 aliphatic heterocycles. The lowest BCUT2D eigenvalue weighted by atomic mass is 10.3. The summed E-state index contributed by atoms with van der Waals surface area (Å²) in [6.07, 6.45) is 0. The second-order valence-electron chi connectivity index (χ2n) is 2.03. The van der Waals surface area contributed by atoms with Crippen molar-refractivity contribution in [1.82, 2.24) is 0 Å². The molecule has 62 valence electrons. The summed E-state index contributed by atoms with van der Waals surface area (Å²) in [5, 5.41) is 13.4. The summed E-state index contributed by atoms with van der Waals surface area (Å²) in [5.41, 5.74) is 5.56. The number of carbonyl (C=O) groups excluding carboxylic acids is 1. The van der Waals surface area contributed by atoms with Gasteiger partial charge in [0.2, 0.25) is 5.91 Å². The van der Waals surface area contributed by atoms with Crippen LogP contribution in [0.4, 0.5) is 5.00 Å². The highest BCUT2D eigenvalue weighted by Crippen LogP contribution is 2.21. The zero-order valence-electron chi connectivity index (χ0n) is 6.20. The molecule has 0 unspecified atom stereocenters. The van der Waals surface area contributed by atoms with Crippen LogP contribution in [0.25, 0.3) is 0 Å².